The molecule has 0 saturated heterocycles. The first-order valence-electron chi connectivity index (χ1n) is 7.12. The van der Waals surface area contributed by atoms with Gasteiger partial charge in [-0.25, -0.2) is 0 Å². The molecule has 0 unspecified atom stereocenters. The topological polar surface area (TPSA) is 51.2 Å². The molecule has 0 saturated carbocycles. The molecule has 0 amide bonds. The van der Waals surface area contributed by atoms with Crippen molar-refractivity contribution in [2.75, 3.05) is 6.54 Å². The highest BCUT2D eigenvalue weighted by molar-refractivity contribution is 5.79. The summed E-state index contributed by atoms with van der Waals surface area (Å²) in [6.45, 7) is 8.41. The summed E-state index contributed by atoms with van der Waals surface area (Å²) < 4.78 is 5.25. The molecule has 0 atom stereocenters. The molecular weight excluding hydrogens is 264 g/mol. The van der Waals surface area contributed by atoms with E-state index in [0.29, 0.717) is 6.54 Å². The Morgan fingerprint density at radius 1 is 1.24 bits per heavy atom. The van der Waals surface area contributed by atoms with E-state index in [-0.39, 0.29) is 12.5 Å². The van der Waals surface area contributed by atoms with E-state index in [1.165, 1.54) is 0 Å². The van der Waals surface area contributed by atoms with Gasteiger partial charge in [0.25, 0.3) is 0 Å². The Hall–Kier alpha value is -1.94. The third-order valence-electron chi connectivity index (χ3n) is 2.91. The highest BCUT2D eigenvalue weighted by Gasteiger charge is 2.15. The predicted molar refractivity (Wildman–Crippen MR) is 84.0 cm³/mol. The van der Waals surface area contributed by atoms with Crippen LogP contribution < -0.4 is 5.32 Å². The summed E-state index contributed by atoms with van der Waals surface area (Å²) in [5, 5.41) is 4.21. The maximum atomic E-state index is 11.6. The second-order valence-corrected chi connectivity index (χ2v) is 6.17. The van der Waals surface area contributed by atoms with E-state index in [1.807, 2.05) is 45.9 Å². The molecule has 112 valence electrons. The zero-order valence-corrected chi connectivity index (χ0v) is 13.1. The number of aryl methyl sites for hydroxylation is 1. The van der Waals surface area contributed by atoms with Crippen LogP contribution in [0.4, 0.5) is 0 Å². The number of ether oxygens (including phenoxy) is 1. The Kier molecular flexibility index (Phi) is 4.58. The lowest BCUT2D eigenvalue weighted by molar-refractivity contribution is -0.153. The quantitative estimate of drug-likeness (QED) is 0.878. The molecular formula is C17H22N2O2. The monoisotopic (exact) mass is 286 g/mol. The van der Waals surface area contributed by atoms with Crippen molar-refractivity contribution < 1.29 is 9.53 Å². The number of aromatic nitrogens is 1. The maximum absolute atomic E-state index is 11.6. The molecule has 1 aromatic carbocycles. The number of benzene rings is 1. The van der Waals surface area contributed by atoms with E-state index in [0.717, 1.165) is 22.2 Å². The van der Waals surface area contributed by atoms with Crippen molar-refractivity contribution in [1.82, 2.24) is 10.3 Å². The van der Waals surface area contributed by atoms with Crippen LogP contribution in [0, 0.1) is 6.92 Å². The highest BCUT2D eigenvalue weighted by atomic mass is 16.6. The van der Waals surface area contributed by atoms with Crippen LogP contribution in [0.25, 0.3) is 10.9 Å². The summed E-state index contributed by atoms with van der Waals surface area (Å²) in [5.41, 5.74) is 2.69. The molecule has 0 aliphatic carbocycles. The Bertz CT molecular complexity index is 645. The van der Waals surface area contributed by atoms with Crippen LogP contribution in [0.15, 0.2) is 30.3 Å². The van der Waals surface area contributed by atoms with E-state index in [1.54, 1.807) is 0 Å². The Labute approximate surface area is 125 Å². The molecule has 0 bridgehead atoms. The van der Waals surface area contributed by atoms with Crippen molar-refractivity contribution in [3.8, 4) is 0 Å². The summed E-state index contributed by atoms with van der Waals surface area (Å²) in [6.07, 6.45) is 0. The molecule has 1 N–H and O–H groups in total. The molecule has 1 heterocycles. The van der Waals surface area contributed by atoms with Crippen molar-refractivity contribution >= 4 is 16.9 Å². The number of hydrogen-bond donors (Lipinski definition) is 1. The lowest BCUT2D eigenvalue weighted by atomic mass is 10.1. The van der Waals surface area contributed by atoms with Gasteiger partial charge in [-0.05, 0) is 51.5 Å². The van der Waals surface area contributed by atoms with Gasteiger partial charge in [-0.15, -0.1) is 0 Å². The molecule has 21 heavy (non-hydrogen) atoms. The normalized spacial score (nSPS) is 11.6. The van der Waals surface area contributed by atoms with Crippen LogP contribution in [0.5, 0.6) is 0 Å². The summed E-state index contributed by atoms with van der Waals surface area (Å²) in [7, 11) is 0. The Morgan fingerprint density at radius 2 is 2.00 bits per heavy atom. The maximum Gasteiger partial charge on any atom is 0.320 e. The number of nitrogens with zero attached hydrogens (tertiary/aromatic N) is 1. The lowest BCUT2D eigenvalue weighted by Gasteiger charge is -2.19. The second-order valence-electron chi connectivity index (χ2n) is 6.17. The molecule has 2 rings (SSSR count). The summed E-state index contributed by atoms with van der Waals surface area (Å²) in [4.78, 5) is 16.1. The van der Waals surface area contributed by atoms with E-state index >= 15 is 0 Å². The van der Waals surface area contributed by atoms with Gasteiger partial charge in [0.05, 0.1) is 12.1 Å². The summed E-state index contributed by atoms with van der Waals surface area (Å²) in [5.74, 6) is -0.236. The van der Waals surface area contributed by atoms with Crippen LogP contribution in [-0.2, 0) is 16.1 Å². The summed E-state index contributed by atoms with van der Waals surface area (Å²) in [6, 6.07) is 10.2. The Morgan fingerprint density at radius 3 is 2.71 bits per heavy atom. The zero-order valence-electron chi connectivity index (χ0n) is 13.1. The lowest BCUT2D eigenvalue weighted by Crippen LogP contribution is -2.31. The van der Waals surface area contributed by atoms with Gasteiger partial charge in [0.2, 0.25) is 0 Å². The van der Waals surface area contributed by atoms with Crippen molar-refractivity contribution in [3.63, 3.8) is 0 Å². The van der Waals surface area contributed by atoms with Gasteiger partial charge in [0, 0.05) is 17.6 Å². The molecule has 2 aromatic rings. The molecule has 4 nitrogen and oxygen atoms in total. The third-order valence-corrected chi connectivity index (χ3v) is 2.91. The van der Waals surface area contributed by atoms with Gasteiger partial charge in [0.15, 0.2) is 0 Å². The molecule has 1 aromatic heterocycles. The minimum absolute atomic E-state index is 0.210. The first-order valence-corrected chi connectivity index (χ1v) is 7.12. The minimum Gasteiger partial charge on any atom is -0.459 e. The van der Waals surface area contributed by atoms with Crippen LogP contribution in [-0.4, -0.2) is 23.1 Å². The fraction of sp³-hybridized carbons (Fsp3) is 0.412. The average Bonchev–Trinajstić information content (AvgIpc) is 2.36. The number of rotatable bonds is 4. The van der Waals surface area contributed by atoms with E-state index in [4.69, 9.17) is 4.74 Å². The predicted octanol–water partition coefficient (Wildman–Crippen LogP) is 2.97. The van der Waals surface area contributed by atoms with Crippen molar-refractivity contribution in [1.29, 1.82) is 0 Å². The van der Waals surface area contributed by atoms with Gasteiger partial charge in [0.1, 0.15) is 5.60 Å². The van der Waals surface area contributed by atoms with Crippen LogP contribution in [0.2, 0.25) is 0 Å². The minimum atomic E-state index is -0.439. The smallest absolute Gasteiger partial charge is 0.320 e. The highest BCUT2D eigenvalue weighted by Crippen LogP contribution is 2.14. The zero-order chi connectivity index (χ0) is 15.5. The van der Waals surface area contributed by atoms with Gasteiger partial charge in [-0.1, -0.05) is 12.1 Å². The second kappa shape index (κ2) is 6.22. The van der Waals surface area contributed by atoms with Crippen molar-refractivity contribution in [2.24, 2.45) is 0 Å². The van der Waals surface area contributed by atoms with E-state index in [9.17, 15) is 4.79 Å². The van der Waals surface area contributed by atoms with E-state index < -0.39 is 5.60 Å². The number of esters is 1. The number of pyridine rings is 1. The van der Waals surface area contributed by atoms with Crippen LogP contribution in [0.1, 0.15) is 32.0 Å². The molecule has 0 aliphatic heterocycles. The molecule has 0 radical (unpaired) electrons. The van der Waals surface area contributed by atoms with Gasteiger partial charge in [-0.2, -0.15) is 0 Å². The van der Waals surface area contributed by atoms with Gasteiger partial charge in [-0.3, -0.25) is 9.78 Å². The first kappa shape index (κ1) is 15.4. The standard InChI is InChI=1S/C17H22N2O2/c1-12-5-7-14-9-13(6-8-15(14)19-12)10-18-11-16(20)21-17(2,3)4/h5-9,18H,10-11H2,1-4H3. The van der Waals surface area contributed by atoms with E-state index in [2.05, 4.69) is 22.4 Å². The van der Waals surface area contributed by atoms with Crippen LogP contribution >= 0.6 is 0 Å². The molecule has 0 aliphatic rings. The number of nitrogens with one attached hydrogen (secondary N) is 1. The summed E-state index contributed by atoms with van der Waals surface area (Å²) >= 11 is 0. The Balaban J connectivity index is 1.92. The van der Waals surface area contributed by atoms with Gasteiger partial charge < -0.3 is 10.1 Å². The molecule has 0 fully saturated rings. The first-order chi connectivity index (χ1) is 9.83. The number of fused-ring (bicyclic) bond motifs is 1. The average molecular weight is 286 g/mol. The molecule has 4 heteroatoms. The fourth-order valence-corrected chi connectivity index (χ4v) is 2.07. The third kappa shape index (κ3) is 4.83. The SMILES string of the molecule is Cc1ccc2cc(CNCC(=O)OC(C)(C)C)ccc2n1. The number of hydrogen-bond acceptors (Lipinski definition) is 4. The largest absolute Gasteiger partial charge is 0.459 e. The van der Waals surface area contributed by atoms with Crippen LogP contribution in [0.3, 0.4) is 0 Å². The van der Waals surface area contributed by atoms with Crippen molar-refractivity contribution in [3.05, 3.63) is 41.6 Å². The number of carbonyl (C=O) groups is 1. The van der Waals surface area contributed by atoms with Gasteiger partial charge >= 0.3 is 5.97 Å². The fourth-order valence-electron chi connectivity index (χ4n) is 2.07. The number of carbonyl (C=O) groups excluding carboxylic acids is 1. The molecule has 0 spiro atoms. The van der Waals surface area contributed by atoms with Crippen molar-refractivity contribution in [2.45, 2.75) is 39.8 Å².